The molecule has 192 valence electrons. The summed E-state index contributed by atoms with van der Waals surface area (Å²) in [6.07, 6.45) is 3.03. The summed E-state index contributed by atoms with van der Waals surface area (Å²) in [7, 11) is 1.61. The van der Waals surface area contributed by atoms with Crippen LogP contribution in [0.5, 0.6) is 5.75 Å². The van der Waals surface area contributed by atoms with Crippen molar-refractivity contribution in [2.45, 2.75) is 13.3 Å². The first-order valence-corrected chi connectivity index (χ1v) is 12.2. The Morgan fingerprint density at radius 2 is 1.86 bits per heavy atom. The molecule has 1 amide bonds. The number of amides is 1. The fourth-order valence-electron chi connectivity index (χ4n) is 4.08. The molecule has 1 aromatic heterocycles. The van der Waals surface area contributed by atoms with Crippen molar-refractivity contribution in [1.82, 2.24) is 14.9 Å². The molecule has 2 N–H and O–H groups in total. The number of piperazine rings is 1. The number of ether oxygens (including phenoxy) is 1. The van der Waals surface area contributed by atoms with Crippen molar-refractivity contribution in [2.24, 2.45) is 0 Å². The van der Waals surface area contributed by atoms with Gasteiger partial charge in [-0.05, 0) is 29.8 Å². The molecule has 1 fully saturated rings. The van der Waals surface area contributed by atoms with Crippen LogP contribution in [0.2, 0.25) is 5.02 Å². The van der Waals surface area contributed by atoms with Crippen LogP contribution >= 0.6 is 11.6 Å². The number of hydrogen-bond donors (Lipinski definition) is 2. The average molecular weight is 521 g/mol. The van der Waals surface area contributed by atoms with Gasteiger partial charge in [-0.2, -0.15) is 4.98 Å². The van der Waals surface area contributed by atoms with Crippen molar-refractivity contribution >= 4 is 52.1 Å². The molecule has 3 aromatic rings. The molecule has 0 bridgehead atoms. The number of carbonyl (C=O) groups excluding carboxylic acids is 2. The van der Waals surface area contributed by atoms with Gasteiger partial charge in [-0.3, -0.25) is 9.59 Å². The zero-order valence-corrected chi connectivity index (χ0v) is 21.6. The monoisotopic (exact) mass is 520 g/mol. The molecule has 9 nitrogen and oxygen atoms in total. The van der Waals surface area contributed by atoms with Gasteiger partial charge in [-0.1, -0.05) is 36.4 Å². The Hall–Kier alpha value is -4.11. The van der Waals surface area contributed by atoms with Crippen LogP contribution in [-0.4, -0.2) is 59.8 Å². The second-order valence-electron chi connectivity index (χ2n) is 8.52. The van der Waals surface area contributed by atoms with Crippen LogP contribution in [0.4, 0.5) is 28.8 Å². The Labute approximate surface area is 221 Å². The van der Waals surface area contributed by atoms with E-state index in [2.05, 4.69) is 32.1 Å². The fraction of sp³-hybridized carbons (Fsp3) is 0.259. The van der Waals surface area contributed by atoms with Crippen LogP contribution in [0.25, 0.3) is 0 Å². The van der Waals surface area contributed by atoms with E-state index in [1.54, 1.807) is 14.0 Å². The predicted molar refractivity (Wildman–Crippen MR) is 146 cm³/mol. The number of carbonyl (C=O) groups is 2. The highest BCUT2D eigenvalue weighted by molar-refractivity contribution is 6.33. The molecular weight excluding hydrogens is 492 g/mol. The van der Waals surface area contributed by atoms with Crippen LogP contribution in [0, 0.1) is 0 Å². The second-order valence-corrected chi connectivity index (χ2v) is 8.93. The molecular formula is C27H29ClN6O3. The molecule has 10 heteroatoms. The van der Waals surface area contributed by atoms with E-state index in [-0.39, 0.29) is 18.1 Å². The van der Waals surface area contributed by atoms with Crippen LogP contribution in [0.3, 0.4) is 0 Å². The first-order chi connectivity index (χ1) is 17.9. The summed E-state index contributed by atoms with van der Waals surface area (Å²) in [6, 6.07) is 13.3. The number of ketones is 1. The molecule has 1 saturated heterocycles. The first kappa shape index (κ1) is 26.0. The normalized spacial score (nSPS) is 13.2. The highest BCUT2D eigenvalue weighted by Gasteiger charge is 2.20. The highest BCUT2D eigenvalue weighted by atomic mass is 35.5. The van der Waals surface area contributed by atoms with Crippen LogP contribution in [0.1, 0.15) is 12.5 Å². The number of halogens is 1. The number of methoxy groups -OCH3 is 1. The number of allylic oxidation sites excluding steroid dienone is 1. The van der Waals surface area contributed by atoms with E-state index >= 15 is 0 Å². The zero-order valence-electron chi connectivity index (χ0n) is 20.8. The van der Waals surface area contributed by atoms with Crippen molar-refractivity contribution < 1.29 is 14.3 Å². The smallest absolute Gasteiger partial charge is 0.229 e. The fourth-order valence-corrected chi connectivity index (χ4v) is 4.22. The Bertz CT molecular complexity index is 1310. The van der Waals surface area contributed by atoms with Gasteiger partial charge in [0, 0.05) is 57.0 Å². The molecule has 2 heterocycles. The standard InChI is InChI=1S/C27H29ClN6O3/c1-4-21(36)15-19-7-5-6-8-23(19)30-26-22(28)17-29-27(32-26)31-24-10-9-20(16-25(24)37-3)34-13-11-33(12-14-34)18(2)35/h4-10,16-17H,1,11-15H2,2-3H3,(H2,29,30,31,32). The van der Waals surface area contributed by atoms with E-state index in [0.29, 0.717) is 41.3 Å². The largest absolute Gasteiger partial charge is 0.494 e. The number of anilines is 5. The molecule has 1 aliphatic rings. The van der Waals surface area contributed by atoms with Crippen molar-refractivity contribution in [3.05, 3.63) is 71.9 Å². The minimum atomic E-state index is -0.0818. The molecule has 37 heavy (non-hydrogen) atoms. The van der Waals surface area contributed by atoms with E-state index in [1.165, 1.54) is 12.3 Å². The maximum absolute atomic E-state index is 11.9. The Morgan fingerprint density at radius 1 is 1.11 bits per heavy atom. The van der Waals surface area contributed by atoms with E-state index in [0.717, 1.165) is 30.0 Å². The molecule has 2 aromatic carbocycles. The lowest BCUT2D eigenvalue weighted by Gasteiger charge is -2.35. The number of aromatic nitrogens is 2. The molecule has 4 rings (SSSR count). The van der Waals surface area contributed by atoms with Crippen molar-refractivity contribution in [3.63, 3.8) is 0 Å². The number of rotatable bonds is 9. The first-order valence-electron chi connectivity index (χ1n) is 11.9. The predicted octanol–water partition coefficient (Wildman–Crippen LogP) is 4.59. The Morgan fingerprint density at radius 3 is 2.57 bits per heavy atom. The SMILES string of the molecule is C=CC(=O)Cc1ccccc1Nc1nc(Nc2ccc(N3CCN(C(C)=O)CC3)cc2OC)ncc1Cl. The molecule has 0 atom stereocenters. The lowest BCUT2D eigenvalue weighted by molar-refractivity contribution is -0.129. The average Bonchev–Trinajstić information content (AvgIpc) is 2.91. The van der Waals surface area contributed by atoms with Crippen LogP contribution in [-0.2, 0) is 16.0 Å². The molecule has 0 aliphatic carbocycles. The van der Waals surface area contributed by atoms with Gasteiger partial charge in [-0.15, -0.1) is 0 Å². The van der Waals surface area contributed by atoms with Crippen molar-refractivity contribution in [3.8, 4) is 5.75 Å². The summed E-state index contributed by atoms with van der Waals surface area (Å²) >= 11 is 6.38. The second kappa shape index (κ2) is 11.7. The van der Waals surface area contributed by atoms with Gasteiger partial charge in [0.15, 0.2) is 11.6 Å². The summed E-state index contributed by atoms with van der Waals surface area (Å²) in [5.41, 5.74) is 3.23. The maximum atomic E-state index is 11.9. The lowest BCUT2D eigenvalue weighted by Crippen LogP contribution is -2.48. The zero-order chi connectivity index (χ0) is 26.4. The Kier molecular flexibility index (Phi) is 8.25. The van der Waals surface area contributed by atoms with E-state index < -0.39 is 0 Å². The molecule has 1 aliphatic heterocycles. The van der Waals surface area contributed by atoms with Crippen LogP contribution < -0.4 is 20.3 Å². The number of nitrogens with one attached hydrogen (secondary N) is 2. The maximum Gasteiger partial charge on any atom is 0.229 e. The summed E-state index contributed by atoms with van der Waals surface area (Å²) in [5, 5.41) is 6.75. The van der Waals surface area contributed by atoms with Gasteiger partial charge in [0.1, 0.15) is 10.8 Å². The number of hydrogen-bond acceptors (Lipinski definition) is 8. The quantitative estimate of drug-likeness (QED) is 0.395. The van der Waals surface area contributed by atoms with Gasteiger partial charge < -0.3 is 25.2 Å². The minimum Gasteiger partial charge on any atom is -0.494 e. The molecule has 0 saturated carbocycles. The summed E-state index contributed by atoms with van der Waals surface area (Å²) in [5.74, 6) is 1.38. The molecule has 0 unspecified atom stereocenters. The summed E-state index contributed by atoms with van der Waals surface area (Å²) in [6.45, 7) is 8.04. The third kappa shape index (κ3) is 6.37. The van der Waals surface area contributed by atoms with Gasteiger partial charge in [0.25, 0.3) is 0 Å². The number of benzene rings is 2. The lowest BCUT2D eigenvalue weighted by atomic mass is 10.1. The Balaban J connectivity index is 1.51. The highest BCUT2D eigenvalue weighted by Crippen LogP contribution is 2.33. The molecule has 0 spiro atoms. The van der Waals surface area contributed by atoms with E-state index in [9.17, 15) is 9.59 Å². The van der Waals surface area contributed by atoms with Gasteiger partial charge >= 0.3 is 0 Å². The number of para-hydroxylation sites is 1. The third-order valence-electron chi connectivity index (χ3n) is 6.13. The summed E-state index contributed by atoms with van der Waals surface area (Å²) < 4.78 is 5.63. The van der Waals surface area contributed by atoms with Gasteiger partial charge in [0.05, 0.1) is 19.0 Å². The van der Waals surface area contributed by atoms with Gasteiger partial charge in [0.2, 0.25) is 11.9 Å². The topological polar surface area (TPSA) is 99.7 Å². The minimum absolute atomic E-state index is 0.0818. The van der Waals surface area contributed by atoms with Gasteiger partial charge in [-0.25, -0.2) is 4.98 Å². The van der Waals surface area contributed by atoms with E-state index in [4.69, 9.17) is 16.3 Å². The van der Waals surface area contributed by atoms with Crippen LogP contribution in [0.15, 0.2) is 61.3 Å². The van der Waals surface area contributed by atoms with Crippen molar-refractivity contribution in [2.75, 3.05) is 48.8 Å². The van der Waals surface area contributed by atoms with E-state index in [1.807, 2.05) is 47.4 Å². The van der Waals surface area contributed by atoms with Crippen molar-refractivity contribution in [1.29, 1.82) is 0 Å². The molecule has 0 radical (unpaired) electrons. The number of nitrogens with zero attached hydrogens (tertiary/aromatic N) is 4. The summed E-state index contributed by atoms with van der Waals surface area (Å²) in [4.78, 5) is 36.4. The third-order valence-corrected chi connectivity index (χ3v) is 6.41.